The largest absolute Gasteiger partial charge is 0.545 e. The summed E-state index contributed by atoms with van der Waals surface area (Å²) < 4.78 is 25.2. The van der Waals surface area contributed by atoms with Gasteiger partial charge in [-0.1, -0.05) is 0 Å². The maximum absolute atomic E-state index is 12.7. The average Bonchev–Trinajstić information content (AvgIpc) is 2.01. The highest BCUT2D eigenvalue weighted by Gasteiger charge is 2.22. The van der Waals surface area contributed by atoms with E-state index in [0.717, 1.165) is 0 Å². The number of rotatable bonds is 2. The monoisotopic (exact) mass is 202 g/mol. The second-order valence-electron chi connectivity index (χ2n) is 2.33. The van der Waals surface area contributed by atoms with Crippen LogP contribution < -0.4 is 5.11 Å². The van der Waals surface area contributed by atoms with Crippen LogP contribution in [0.1, 0.15) is 10.4 Å². The van der Waals surface area contributed by atoms with Crippen LogP contribution in [0.2, 0.25) is 0 Å². The Morgan fingerprint density at radius 1 is 1.36 bits per heavy atom. The molecule has 74 valence electrons. The van der Waals surface area contributed by atoms with Crippen molar-refractivity contribution in [1.82, 2.24) is 0 Å². The van der Waals surface area contributed by atoms with Gasteiger partial charge in [-0.15, -0.1) is 0 Å². The Kier molecular flexibility index (Phi) is 2.41. The number of carbonyl (C=O) groups excluding carboxylic acids is 1. The summed E-state index contributed by atoms with van der Waals surface area (Å²) in [4.78, 5) is 19.2. The maximum atomic E-state index is 12.7. The first kappa shape index (κ1) is 10.0. The van der Waals surface area contributed by atoms with Crippen molar-refractivity contribution in [2.24, 2.45) is 0 Å². The number of carboxylic acids is 1. The maximum Gasteiger partial charge on any atom is 0.313 e. The topological polar surface area (TPSA) is 83.3 Å². The molecule has 7 heteroatoms. The third-order valence-corrected chi connectivity index (χ3v) is 1.43. The van der Waals surface area contributed by atoms with E-state index in [2.05, 4.69) is 0 Å². The van der Waals surface area contributed by atoms with Crippen LogP contribution in [0.5, 0.6) is 0 Å². The van der Waals surface area contributed by atoms with Crippen LogP contribution in [0.4, 0.5) is 14.5 Å². The molecule has 0 saturated heterocycles. The van der Waals surface area contributed by atoms with Gasteiger partial charge < -0.3 is 9.90 Å². The standard InChI is InChI=1S/C7H3F2NO4/c8-3-1-4(7(11)12)6(10(13)14)5(9)2-3/h1-2H,(H,11,12)/p-1. The van der Waals surface area contributed by atoms with E-state index >= 15 is 0 Å². The van der Waals surface area contributed by atoms with Crippen molar-refractivity contribution < 1.29 is 23.6 Å². The predicted octanol–water partition coefficient (Wildman–Crippen LogP) is 0.236. The second-order valence-corrected chi connectivity index (χ2v) is 2.33. The molecule has 0 aliphatic heterocycles. The zero-order valence-corrected chi connectivity index (χ0v) is 6.49. The molecule has 0 radical (unpaired) electrons. The molecule has 0 atom stereocenters. The van der Waals surface area contributed by atoms with E-state index in [1.54, 1.807) is 0 Å². The van der Waals surface area contributed by atoms with E-state index in [-0.39, 0.29) is 6.07 Å². The minimum atomic E-state index is -2.00. The first-order valence-corrected chi connectivity index (χ1v) is 3.28. The third-order valence-electron chi connectivity index (χ3n) is 1.43. The number of carboxylic acid groups (broad SMARTS) is 1. The number of hydrogen-bond acceptors (Lipinski definition) is 4. The summed E-state index contributed by atoms with van der Waals surface area (Å²) in [5.74, 6) is -4.77. The van der Waals surface area contributed by atoms with Gasteiger partial charge >= 0.3 is 5.69 Å². The predicted molar refractivity (Wildman–Crippen MR) is 37.3 cm³/mol. The molecule has 0 amide bonds. The van der Waals surface area contributed by atoms with Crippen LogP contribution in [0.3, 0.4) is 0 Å². The highest BCUT2D eigenvalue weighted by Crippen LogP contribution is 2.23. The SMILES string of the molecule is O=C([O-])c1cc(F)cc(F)c1[N+](=O)[O-]. The first-order chi connectivity index (χ1) is 6.43. The van der Waals surface area contributed by atoms with Crippen molar-refractivity contribution in [3.05, 3.63) is 39.4 Å². The third kappa shape index (κ3) is 1.65. The number of nitrogens with zero attached hydrogens (tertiary/aromatic N) is 1. The number of carbonyl (C=O) groups is 1. The van der Waals surface area contributed by atoms with Gasteiger partial charge in [-0.25, -0.2) is 4.39 Å². The molecule has 0 unspecified atom stereocenters. The molecule has 0 aliphatic rings. The van der Waals surface area contributed by atoms with E-state index in [0.29, 0.717) is 6.07 Å². The molecule has 1 aromatic rings. The van der Waals surface area contributed by atoms with Crippen molar-refractivity contribution in [3.63, 3.8) is 0 Å². The smallest absolute Gasteiger partial charge is 0.313 e. The number of benzene rings is 1. The van der Waals surface area contributed by atoms with E-state index in [1.165, 1.54) is 0 Å². The van der Waals surface area contributed by atoms with Crippen molar-refractivity contribution in [2.75, 3.05) is 0 Å². The fourth-order valence-electron chi connectivity index (χ4n) is 0.907. The number of hydrogen-bond donors (Lipinski definition) is 0. The molecule has 5 nitrogen and oxygen atoms in total. The quantitative estimate of drug-likeness (QED) is 0.507. The van der Waals surface area contributed by atoms with Crippen molar-refractivity contribution in [1.29, 1.82) is 0 Å². The Balaban J connectivity index is 3.52. The summed E-state index contributed by atoms with van der Waals surface area (Å²) in [5.41, 5.74) is -2.42. The summed E-state index contributed by atoms with van der Waals surface area (Å²) in [7, 11) is 0. The van der Waals surface area contributed by atoms with Crippen LogP contribution in [0, 0.1) is 21.7 Å². The van der Waals surface area contributed by atoms with E-state index < -0.39 is 33.8 Å². The number of nitro benzene ring substituents is 1. The molecule has 1 aromatic carbocycles. The molecule has 0 aromatic heterocycles. The Hall–Kier alpha value is -2.05. The van der Waals surface area contributed by atoms with Gasteiger partial charge in [0.25, 0.3) is 0 Å². The Labute approximate surface area is 75.7 Å². The molecule has 0 fully saturated rings. The number of nitro groups is 1. The molecule has 0 N–H and O–H groups in total. The molecule has 1 rings (SSSR count). The minimum absolute atomic E-state index is 0.227. The van der Waals surface area contributed by atoms with Crippen molar-refractivity contribution in [3.8, 4) is 0 Å². The van der Waals surface area contributed by atoms with Gasteiger partial charge in [0.2, 0.25) is 5.82 Å². The Morgan fingerprint density at radius 2 is 1.93 bits per heavy atom. The normalized spacial score (nSPS) is 9.86. The molecule has 14 heavy (non-hydrogen) atoms. The molecular weight excluding hydrogens is 200 g/mol. The Bertz CT molecular complexity index is 418. The lowest BCUT2D eigenvalue weighted by atomic mass is 10.1. The lowest BCUT2D eigenvalue weighted by Crippen LogP contribution is -2.24. The minimum Gasteiger partial charge on any atom is -0.545 e. The van der Waals surface area contributed by atoms with Gasteiger partial charge in [-0.3, -0.25) is 10.1 Å². The van der Waals surface area contributed by atoms with Gasteiger partial charge in [-0.05, 0) is 6.07 Å². The number of halogens is 2. The van der Waals surface area contributed by atoms with Crippen LogP contribution in [-0.4, -0.2) is 10.9 Å². The second kappa shape index (κ2) is 3.36. The first-order valence-electron chi connectivity index (χ1n) is 3.28. The fourth-order valence-corrected chi connectivity index (χ4v) is 0.907. The molecular formula is C7H2F2NO4-. The van der Waals surface area contributed by atoms with E-state index in [4.69, 9.17) is 0 Å². The summed E-state index contributed by atoms with van der Waals surface area (Å²) >= 11 is 0. The number of aromatic carboxylic acids is 1. The molecule has 0 aliphatic carbocycles. The highest BCUT2D eigenvalue weighted by atomic mass is 19.1. The van der Waals surface area contributed by atoms with E-state index in [1.807, 2.05) is 0 Å². The van der Waals surface area contributed by atoms with Crippen LogP contribution in [-0.2, 0) is 0 Å². The summed E-state index contributed by atoms with van der Waals surface area (Å²) in [5, 5.41) is 20.5. The molecule has 0 bridgehead atoms. The molecule has 0 spiro atoms. The van der Waals surface area contributed by atoms with Gasteiger partial charge in [0.1, 0.15) is 5.82 Å². The summed E-state index contributed by atoms with van der Waals surface area (Å²) in [6.45, 7) is 0. The summed E-state index contributed by atoms with van der Waals surface area (Å²) in [6, 6.07) is 0.557. The summed E-state index contributed by atoms with van der Waals surface area (Å²) in [6.07, 6.45) is 0. The highest BCUT2D eigenvalue weighted by molar-refractivity contribution is 5.90. The van der Waals surface area contributed by atoms with Crippen LogP contribution in [0.25, 0.3) is 0 Å². The van der Waals surface area contributed by atoms with Crippen LogP contribution in [0.15, 0.2) is 12.1 Å². The lowest BCUT2D eigenvalue weighted by molar-refractivity contribution is -0.388. The van der Waals surface area contributed by atoms with Gasteiger partial charge in [0.15, 0.2) is 0 Å². The van der Waals surface area contributed by atoms with Gasteiger partial charge in [0, 0.05) is 6.07 Å². The zero-order chi connectivity index (χ0) is 10.9. The average molecular weight is 202 g/mol. The fraction of sp³-hybridized carbons (Fsp3) is 0. The van der Waals surface area contributed by atoms with E-state index in [9.17, 15) is 28.8 Å². The van der Waals surface area contributed by atoms with Gasteiger partial charge in [-0.2, -0.15) is 4.39 Å². The van der Waals surface area contributed by atoms with Crippen LogP contribution >= 0.6 is 0 Å². The van der Waals surface area contributed by atoms with Crippen molar-refractivity contribution in [2.45, 2.75) is 0 Å². The van der Waals surface area contributed by atoms with Gasteiger partial charge in [0.05, 0.1) is 16.5 Å². The molecule has 0 heterocycles. The Morgan fingerprint density at radius 3 is 2.36 bits per heavy atom. The zero-order valence-electron chi connectivity index (χ0n) is 6.49. The lowest BCUT2D eigenvalue weighted by Gasteiger charge is -2.04. The molecule has 0 saturated carbocycles. The van der Waals surface area contributed by atoms with Crippen molar-refractivity contribution >= 4 is 11.7 Å².